The molecule has 30 heavy (non-hydrogen) atoms. The number of nitrogens with one attached hydrogen (secondary N) is 1. The van der Waals surface area contributed by atoms with Gasteiger partial charge in [-0.2, -0.15) is 5.26 Å². The molecule has 0 bridgehead atoms. The first-order chi connectivity index (χ1) is 14.5. The summed E-state index contributed by atoms with van der Waals surface area (Å²) in [7, 11) is 1.55. The Balaban J connectivity index is 1.94. The lowest BCUT2D eigenvalue weighted by Crippen LogP contribution is -2.13. The highest BCUT2D eigenvalue weighted by Crippen LogP contribution is 2.25. The van der Waals surface area contributed by atoms with Crippen molar-refractivity contribution in [2.45, 2.75) is 6.42 Å². The van der Waals surface area contributed by atoms with Crippen molar-refractivity contribution >= 4 is 29.3 Å². The standard InChI is InChI=1S/C24H18ClFN2O2/c1-30-21-10-9-17(18(14-21)11-16-5-4-6-20(26)12-16)13-19(15-27)24(29)28-23-8-3-2-7-22(23)25/h2-10,12-14H,11H2,1H3,(H,28,29)/b19-13+. The molecule has 0 saturated carbocycles. The van der Waals surface area contributed by atoms with Crippen LogP contribution in [-0.2, 0) is 11.2 Å². The van der Waals surface area contributed by atoms with E-state index in [1.165, 1.54) is 18.2 Å². The van der Waals surface area contributed by atoms with E-state index in [9.17, 15) is 14.4 Å². The topological polar surface area (TPSA) is 62.1 Å². The predicted octanol–water partition coefficient (Wildman–Crippen LogP) is 5.62. The van der Waals surface area contributed by atoms with Crippen molar-refractivity contribution in [1.82, 2.24) is 0 Å². The number of amides is 1. The van der Waals surface area contributed by atoms with Gasteiger partial charge in [-0.25, -0.2) is 4.39 Å². The first-order valence-corrected chi connectivity index (χ1v) is 9.47. The molecule has 0 atom stereocenters. The summed E-state index contributed by atoms with van der Waals surface area (Å²) in [4.78, 5) is 12.6. The van der Waals surface area contributed by atoms with Gasteiger partial charge in [-0.1, -0.05) is 41.9 Å². The molecule has 1 amide bonds. The van der Waals surface area contributed by atoms with E-state index in [1.807, 2.05) is 12.1 Å². The Kier molecular flexibility index (Phi) is 6.84. The number of halogens is 2. The molecule has 1 N–H and O–H groups in total. The number of anilines is 1. The van der Waals surface area contributed by atoms with E-state index < -0.39 is 5.91 Å². The summed E-state index contributed by atoms with van der Waals surface area (Å²) < 4.78 is 18.9. The molecule has 0 aliphatic heterocycles. The van der Waals surface area contributed by atoms with Crippen LogP contribution in [0.1, 0.15) is 16.7 Å². The molecule has 3 rings (SSSR count). The third kappa shape index (κ3) is 5.25. The molecule has 0 aliphatic carbocycles. The smallest absolute Gasteiger partial charge is 0.266 e. The predicted molar refractivity (Wildman–Crippen MR) is 116 cm³/mol. The van der Waals surface area contributed by atoms with Crippen molar-refractivity contribution in [3.05, 3.63) is 99.8 Å². The number of carbonyl (C=O) groups excluding carboxylic acids is 1. The number of methoxy groups -OCH3 is 1. The van der Waals surface area contributed by atoms with Gasteiger partial charge in [-0.05, 0) is 65.6 Å². The molecule has 6 heteroatoms. The largest absolute Gasteiger partial charge is 0.497 e. The second kappa shape index (κ2) is 9.73. The average Bonchev–Trinajstić information content (AvgIpc) is 2.74. The minimum atomic E-state index is -0.571. The lowest BCUT2D eigenvalue weighted by Gasteiger charge is -2.11. The summed E-state index contributed by atoms with van der Waals surface area (Å²) in [6.45, 7) is 0. The Labute approximate surface area is 179 Å². The van der Waals surface area contributed by atoms with Crippen LogP contribution in [-0.4, -0.2) is 13.0 Å². The maximum absolute atomic E-state index is 13.6. The van der Waals surface area contributed by atoms with Gasteiger partial charge in [0.05, 0.1) is 17.8 Å². The Morgan fingerprint density at radius 2 is 1.97 bits per heavy atom. The van der Waals surface area contributed by atoms with Crippen LogP contribution in [0.4, 0.5) is 10.1 Å². The fourth-order valence-corrected chi connectivity index (χ4v) is 3.11. The number of carbonyl (C=O) groups is 1. The van der Waals surface area contributed by atoms with Crippen molar-refractivity contribution in [3.8, 4) is 11.8 Å². The quantitative estimate of drug-likeness (QED) is 0.415. The van der Waals surface area contributed by atoms with Crippen molar-refractivity contribution in [3.63, 3.8) is 0 Å². The summed E-state index contributed by atoms with van der Waals surface area (Å²) in [6, 6.07) is 20.3. The van der Waals surface area contributed by atoms with E-state index in [0.717, 1.165) is 11.1 Å². The minimum Gasteiger partial charge on any atom is -0.497 e. The molecule has 3 aromatic rings. The third-order valence-electron chi connectivity index (χ3n) is 4.42. The number of benzene rings is 3. The van der Waals surface area contributed by atoms with E-state index in [-0.39, 0.29) is 11.4 Å². The molecule has 0 aliphatic rings. The zero-order valence-electron chi connectivity index (χ0n) is 16.2. The second-order valence-electron chi connectivity index (χ2n) is 6.48. The Bertz CT molecular complexity index is 1150. The molecule has 4 nitrogen and oxygen atoms in total. The van der Waals surface area contributed by atoms with Gasteiger partial charge in [0.1, 0.15) is 23.2 Å². The van der Waals surface area contributed by atoms with Crippen LogP contribution < -0.4 is 10.1 Å². The van der Waals surface area contributed by atoms with Crippen molar-refractivity contribution < 1.29 is 13.9 Å². The number of para-hydroxylation sites is 1. The van der Waals surface area contributed by atoms with Crippen molar-refractivity contribution in [1.29, 1.82) is 5.26 Å². The van der Waals surface area contributed by atoms with Crippen LogP contribution in [0.2, 0.25) is 5.02 Å². The van der Waals surface area contributed by atoms with Crippen LogP contribution in [0.3, 0.4) is 0 Å². The molecule has 0 unspecified atom stereocenters. The molecule has 0 heterocycles. The number of rotatable bonds is 6. The highest BCUT2D eigenvalue weighted by molar-refractivity contribution is 6.34. The highest BCUT2D eigenvalue weighted by atomic mass is 35.5. The van der Waals surface area contributed by atoms with Gasteiger partial charge in [-0.15, -0.1) is 0 Å². The maximum atomic E-state index is 13.6. The SMILES string of the molecule is COc1ccc(/C=C(\C#N)C(=O)Nc2ccccc2Cl)c(Cc2cccc(F)c2)c1. The third-order valence-corrected chi connectivity index (χ3v) is 4.75. The van der Waals surface area contributed by atoms with Gasteiger partial charge in [0.15, 0.2) is 0 Å². The normalized spacial score (nSPS) is 10.9. The molecular formula is C24H18ClFN2O2. The first-order valence-electron chi connectivity index (χ1n) is 9.09. The van der Waals surface area contributed by atoms with E-state index in [0.29, 0.717) is 28.4 Å². The Hall–Kier alpha value is -3.62. The van der Waals surface area contributed by atoms with E-state index in [2.05, 4.69) is 5.32 Å². The minimum absolute atomic E-state index is 0.0828. The summed E-state index contributed by atoms with van der Waals surface area (Å²) >= 11 is 6.08. The number of nitrogens with zero attached hydrogens (tertiary/aromatic N) is 1. The monoisotopic (exact) mass is 420 g/mol. The van der Waals surface area contributed by atoms with Crippen LogP contribution in [0, 0.1) is 17.1 Å². The van der Waals surface area contributed by atoms with Crippen LogP contribution in [0.25, 0.3) is 6.08 Å². The Morgan fingerprint density at radius 1 is 1.17 bits per heavy atom. The van der Waals surface area contributed by atoms with Gasteiger partial charge in [0, 0.05) is 0 Å². The molecule has 3 aromatic carbocycles. The zero-order chi connectivity index (χ0) is 21.5. The number of nitriles is 1. The number of hydrogen-bond acceptors (Lipinski definition) is 3. The van der Waals surface area contributed by atoms with Gasteiger partial charge < -0.3 is 10.1 Å². The maximum Gasteiger partial charge on any atom is 0.266 e. The van der Waals surface area contributed by atoms with E-state index >= 15 is 0 Å². The molecular weight excluding hydrogens is 403 g/mol. The highest BCUT2D eigenvalue weighted by Gasteiger charge is 2.13. The lowest BCUT2D eigenvalue weighted by molar-refractivity contribution is -0.112. The number of ether oxygens (including phenoxy) is 1. The first kappa shape index (κ1) is 21.1. The van der Waals surface area contributed by atoms with Crippen molar-refractivity contribution in [2.24, 2.45) is 0 Å². The second-order valence-corrected chi connectivity index (χ2v) is 6.88. The summed E-state index contributed by atoms with van der Waals surface area (Å²) in [5, 5.41) is 12.6. The van der Waals surface area contributed by atoms with Gasteiger partial charge in [0.25, 0.3) is 5.91 Å². The zero-order valence-corrected chi connectivity index (χ0v) is 16.9. The van der Waals surface area contributed by atoms with Crippen LogP contribution in [0.15, 0.2) is 72.3 Å². The summed E-state index contributed by atoms with van der Waals surface area (Å²) in [5.41, 5.74) is 2.54. The molecule has 0 radical (unpaired) electrons. The van der Waals surface area contributed by atoms with E-state index in [1.54, 1.807) is 55.6 Å². The van der Waals surface area contributed by atoms with Gasteiger partial charge in [-0.3, -0.25) is 4.79 Å². The van der Waals surface area contributed by atoms with Crippen LogP contribution in [0.5, 0.6) is 5.75 Å². The molecule has 0 spiro atoms. The average molecular weight is 421 g/mol. The fraction of sp³-hybridized carbons (Fsp3) is 0.0833. The number of hydrogen-bond donors (Lipinski definition) is 1. The van der Waals surface area contributed by atoms with Gasteiger partial charge >= 0.3 is 0 Å². The van der Waals surface area contributed by atoms with Gasteiger partial charge in [0.2, 0.25) is 0 Å². The van der Waals surface area contributed by atoms with Crippen LogP contribution >= 0.6 is 11.6 Å². The summed E-state index contributed by atoms with van der Waals surface area (Å²) in [5.74, 6) is -0.278. The fourth-order valence-electron chi connectivity index (χ4n) is 2.93. The molecule has 0 fully saturated rings. The molecule has 0 saturated heterocycles. The molecule has 150 valence electrons. The van der Waals surface area contributed by atoms with E-state index in [4.69, 9.17) is 16.3 Å². The Morgan fingerprint density at radius 3 is 2.67 bits per heavy atom. The summed E-state index contributed by atoms with van der Waals surface area (Å²) in [6.07, 6.45) is 1.91. The van der Waals surface area contributed by atoms with Crippen molar-refractivity contribution in [2.75, 3.05) is 12.4 Å². The molecule has 0 aromatic heterocycles. The lowest BCUT2D eigenvalue weighted by atomic mass is 9.97.